The Labute approximate surface area is 292 Å². The van der Waals surface area contributed by atoms with Gasteiger partial charge >= 0.3 is 0 Å². The molecule has 2 aromatic heterocycles. The Morgan fingerprint density at radius 1 is 0.532 bits per heavy atom. The molecule has 0 bridgehead atoms. The minimum atomic E-state index is 0.770. The first kappa shape index (κ1) is 35.7. The number of fused-ring (bicyclic) bond motifs is 2. The highest BCUT2D eigenvalue weighted by atomic mass is 32.1. The van der Waals surface area contributed by atoms with Gasteiger partial charge in [-0.15, -0.1) is 22.7 Å². The molecule has 0 unspecified atom stereocenters. The number of thiophene rings is 2. The Bertz CT molecular complexity index is 1510. The second-order valence-corrected chi connectivity index (χ2v) is 16.1. The number of allylic oxidation sites excluding steroid dienone is 2. The van der Waals surface area contributed by atoms with Crippen LogP contribution >= 0.6 is 22.7 Å². The molecule has 47 heavy (non-hydrogen) atoms. The lowest BCUT2D eigenvalue weighted by molar-refractivity contribution is 0.111. The summed E-state index contributed by atoms with van der Waals surface area (Å²) < 4.78 is 2.51. The summed E-state index contributed by atoms with van der Waals surface area (Å²) in [5, 5.41) is 2.66. The van der Waals surface area contributed by atoms with Gasteiger partial charge in [0.05, 0.1) is 0 Å². The van der Waals surface area contributed by atoms with Gasteiger partial charge in [0.2, 0.25) is 0 Å². The van der Waals surface area contributed by atoms with Crippen LogP contribution in [0.15, 0.2) is 36.4 Å². The van der Waals surface area contributed by atoms with Crippen LogP contribution in [0.3, 0.4) is 0 Å². The van der Waals surface area contributed by atoms with Gasteiger partial charge in [0.15, 0.2) is 0 Å². The molecule has 0 spiro atoms. The number of hydrogen-bond donors (Lipinski definition) is 0. The normalized spacial score (nSPS) is 13.4. The third-order valence-electron chi connectivity index (χ3n) is 10.2. The minimum Gasteiger partial charge on any atom is -0.298 e. The number of benzene rings is 2. The van der Waals surface area contributed by atoms with Crippen LogP contribution in [0.5, 0.6) is 0 Å². The molecule has 0 saturated heterocycles. The van der Waals surface area contributed by atoms with E-state index >= 15 is 0 Å². The van der Waals surface area contributed by atoms with Gasteiger partial charge in [-0.3, -0.25) is 9.59 Å². The summed E-state index contributed by atoms with van der Waals surface area (Å²) in [5.74, 6) is 0. The van der Waals surface area contributed by atoms with Crippen molar-refractivity contribution in [3.63, 3.8) is 0 Å². The van der Waals surface area contributed by atoms with Crippen molar-refractivity contribution < 1.29 is 9.59 Å². The fourth-order valence-electron chi connectivity index (χ4n) is 7.62. The molecule has 2 nitrogen and oxygen atoms in total. The highest BCUT2D eigenvalue weighted by Gasteiger charge is 2.27. The third kappa shape index (κ3) is 9.33. The highest BCUT2D eigenvalue weighted by Crippen LogP contribution is 2.50. The molecule has 0 aliphatic heterocycles. The molecule has 0 saturated carbocycles. The molecule has 0 amide bonds. The maximum absolute atomic E-state index is 11.7. The molecule has 0 fully saturated rings. The zero-order valence-electron chi connectivity index (χ0n) is 29.1. The lowest BCUT2D eigenvalue weighted by Crippen LogP contribution is -1.94. The predicted octanol–water partition coefficient (Wildman–Crippen LogP) is 14.2. The predicted molar refractivity (Wildman–Crippen MR) is 208 cm³/mol. The summed E-state index contributed by atoms with van der Waals surface area (Å²) in [6.07, 6.45) is 28.9. The second kappa shape index (κ2) is 18.8. The third-order valence-corrected chi connectivity index (χ3v) is 12.6. The Kier molecular flexibility index (Phi) is 14.3. The maximum Gasteiger partial charge on any atom is 0.150 e. The van der Waals surface area contributed by atoms with Crippen molar-refractivity contribution in [2.75, 3.05) is 0 Å². The van der Waals surface area contributed by atoms with E-state index in [2.05, 4.69) is 38.1 Å². The van der Waals surface area contributed by atoms with Crippen molar-refractivity contribution in [2.45, 2.75) is 149 Å². The molecule has 4 heteroatoms. The molecule has 2 heterocycles. The van der Waals surface area contributed by atoms with Crippen molar-refractivity contribution >= 4 is 66.6 Å². The van der Waals surface area contributed by atoms with Gasteiger partial charge in [0.25, 0.3) is 0 Å². The van der Waals surface area contributed by atoms with Crippen LogP contribution in [-0.2, 0) is 12.8 Å². The number of unbranched alkanes of at least 4 members (excludes halogenated alkanes) is 14. The monoisotopic (exact) mass is 668 g/mol. The van der Waals surface area contributed by atoms with E-state index in [-0.39, 0.29) is 0 Å². The van der Waals surface area contributed by atoms with Crippen molar-refractivity contribution in [1.29, 1.82) is 0 Å². The highest BCUT2D eigenvalue weighted by molar-refractivity contribution is 7.19. The summed E-state index contributed by atoms with van der Waals surface area (Å²) >= 11 is 3.85. The summed E-state index contributed by atoms with van der Waals surface area (Å²) in [4.78, 5) is 26.4. The van der Waals surface area contributed by atoms with Crippen molar-refractivity contribution in [3.05, 3.63) is 68.4 Å². The van der Waals surface area contributed by atoms with Crippen LogP contribution in [-0.4, -0.2) is 12.6 Å². The number of aldehydes is 2. The lowest BCUT2D eigenvalue weighted by atomic mass is 9.91. The zero-order chi connectivity index (χ0) is 32.8. The van der Waals surface area contributed by atoms with Gasteiger partial charge in [0, 0.05) is 41.1 Å². The van der Waals surface area contributed by atoms with Crippen LogP contribution in [0.2, 0.25) is 0 Å². The Morgan fingerprint density at radius 2 is 0.915 bits per heavy atom. The molecule has 1 aliphatic carbocycles. The van der Waals surface area contributed by atoms with E-state index in [0.717, 1.165) is 49.4 Å². The molecule has 252 valence electrons. The maximum atomic E-state index is 11.7. The summed E-state index contributed by atoms with van der Waals surface area (Å²) in [5.41, 5.74) is 7.57. The van der Waals surface area contributed by atoms with Crippen molar-refractivity contribution in [2.24, 2.45) is 0 Å². The molecule has 0 N–H and O–H groups in total. The quantitative estimate of drug-likeness (QED) is 0.0617. The number of hydrogen-bond acceptors (Lipinski definition) is 4. The summed E-state index contributed by atoms with van der Waals surface area (Å²) in [6.45, 7) is 4.57. The Morgan fingerprint density at radius 3 is 1.30 bits per heavy atom. The molecular formula is C43H56O2S2. The van der Waals surface area contributed by atoms with E-state index in [1.54, 1.807) is 11.1 Å². The number of rotatable bonds is 22. The largest absolute Gasteiger partial charge is 0.298 e. The Balaban J connectivity index is 1.45. The fraction of sp³-hybridized carbons (Fsp3) is 0.535. The average molecular weight is 669 g/mol. The first-order valence-electron chi connectivity index (χ1n) is 18.9. The first-order valence-corrected chi connectivity index (χ1v) is 20.6. The van der Waals surface area contributed by atoms with Crippen molar-refractivity contribution in [1.82, 2.24) is 0 Å². The van der Waals surface area contributed by atoms with E-state index < -0.39 is 0 Å². The van der Waals surface area contributed by atoms with E-state index in [0.29, 0.717) is 0 Å². The number of carbonyl (C=O) groups is 2. The minimum absolute atomic E-state index is 0.770. The molecular weight excluding hydrogens is 613 g/mol. The van der Waals surface area contributed by atoms with E-state index in [1.807, 2.05) is 34.8 Å². The summed E-state index contributed by atoms with van der Waals surface area (Å²) in [7, 11) is 0. The molecule has 4 aromatic rings. The standard InChI is InChI=1S/C43H56O2S2/c1-3-5-7-9-11-13-15-17-22-38-42(36-26-24-32(30-44)28-40(36)46-38)34-20-19-21-35(34)43-37-27-25-33(31-45)29-41(37)47-39(43)23-18-16-14-12-10-8-6-4-2/h24-31H,3-23H2,1-2H3. The smallest absolute Gasteiger partial charge is 0.150 e. The first-order chi connectivity index (χ1) is 23.2. The number of aryl methyl sites for hydroxylation is 2. The van der Waals surface area contributed by atoms with E-state index in [9.17, 15) is 9.59 Å². The van der Waals surface area contributed by atoms with Gasteiger partial charge in [-0.05, 0) is 79.4 Å². The molecule has 0 radical (unpaired) electrons. The SMILES string of the molecule is CCCCCCCCCCc1sc2cc(C=O)ccc2c1C1=C(c2c(CCCCCCCCCC)sc3cc(C=O)ccc23)CCC1. The number of carbonyl (C=O) groups excluding carboxylic acids is 2. The fourth-order valence-corrected chi connectivity index (χ4v) is 10.3. The lowest BCUT2D eigenvalue weighted by Gasteiger charge is -2.13. The van der Waals surface area contributed by atoms with Crippen LogP contribution in [0.1, 0.15) is 177 Å². The van der Waals surface area contributed by atoms with Gasteiger partial charge in [-0.1, -0.05) is 128 Å². The van der Waals surface area contributed by atoms with E-state index in [4.69, 9.17) is 0 Å². The van der Waals surface area contributed by atoms with Crippen molar-refractivity contribution in [3.8, 4) is 0 Å². The average Bonchev–Trinajstić information content (AvgIpc) is 3.80. The molecule has 1 aliphatic rings. The molecule has 0 atom stereocenters. The molecule has 2 aromatic carbocycles. The molecule has 5 rings (SSSR count). The zero-order valence-corrected chi connectivity index (χ0v) is 30.7. The topological polar surface area (TPSA) is 34.1 Å². The van der Waals surface area contributed by atoms with E-state index in [1.165, 1.54) is 150 Å². The van der Waals surface area contributed by atoms with Gasteiger partial charge in [0.1, 0.15) is 12.6 Å². The van der Waals surface area contributed by atoms with Gasteiger partial charge < -0.3 is 0 Å². The Hall–Kier alpha value is -2.56. The van der Waals surface area contributed by atoms with Gasteiger partial charge in [-0.2, -0.15) is 0 Å². The summed E-state index contributed by atoms with van der Waals surface area (Å²) in [6, 6.07) is 12.7. The van der Waals surface area contributed by atoms with Crippen LogP contribution < -0.4 is 0 Å². The van der Waals surface area contributed by atoms with Gasteiger partial charge in [-0.25, -0.2) is 0 Å². The van der Waals surface area contributed by atoms with Crippen LogP contribution in [0.4, 0.5) is 0 Å². The van der Waals surface area contributed by atoms with Crippen LogP contribution in [0.25, 0.3) is 31.3 Å². The van der Waals surface area contributed by atoms with Crippen LogP contribution in [0, 0.1) is 0 Å². The second-order valence-electron chi connectivity index (χ2n) is 13.8.